The third-order valence-electron chi connectivity index (χ3n) is 4.28. The number of hydrogen-bond acceptors (Lipinski definition) is 4. The molecule has 23 heavy (non-hydrogen) atoms. The maximum atomic E-state index is 12.5. The van der Waals surface area contributed by atoms with E-state index in [4.69, 9.17) is 14.2 Å². The number of amides is 1. The van der Waals surface area contributed by atoms with Gasteiger partial charge in [0.25, 0.3) is 0 Å². The van der Waals surface area contributed by atoms with Gasteiger partial charge in [0.1, 0.15) is 5.60 Å². The number of carbonyl (C=O) groups is 1. The average molecular weight is 329 g/mol. The molecule has 0 radical (unpaired) electrons. The molecule has 0 aromatic carbocycles. The monoisotopic (exact) mass is 329 g/mol. The first-order chi connectivity index (χ1) is 10.6. The lowest BCUT2D eigenvalue weighted by molar-refractivity contribution is -0.109. The predicted octanol–water partition coefficient (Wildman–Crippen LogP) is 4.00. The molecular formula is C18H35NO4. The number of ether oxygens (including phenoxy) is 3. The van der Waals surface area contributed by atoms with Crippen LogP contribution >= 0.6 is 0 Å². The summed E-state index contributed by atoms with van der Waals surface area (Å²) < 4.78 is 17.1. The summed E-state index contributed by atoms with van der Waals surface area (Å²) in [5, 5.41) is 0. The van der Waals surface area contributed by atoms with Crippen LogP contribution in [0.3, 0.4) is 0 Å². The van der Waals surface area contributed by atoms with Crippen LogP contribution in [0.25, 0.3) is 0 Å². The number of carbonyl (C=O) groups excluding carboxylic acids is 1. The number of hydrogen-bond donors (Lipinski definition) is 0. The molecule has 1 rings (SSSR count). The fraction of sp³-hybridized carbons (Fsp3) is 0.944. The molecule has 0 aromatic heterocycles. The van der Waals surface area contributed by atoms with Gasteiger partial charge in [-0.1, -0.05) is 6.92 Å². The van der Waals surface area contributed by atoms with Gasteiger partial charge in [0, 0.05) is 20.1 Å². The minimum Gasteiger partial charge on any atom is -0.443 e. The Morgan fingerprint density at radius 1 is 1.26 bits per heavy atom. The first-order valence-corrected chi connectivity index (χ1v) is 8.76. The highest BCUT2D eigenvalue weighted by molar-refractivity contribution is 5.69. The van der Waals surface area contributed by atoms with Gasteiger partial charge in [-0.3, -0.25) is 0 Å². The number of likely N-dealkylation sites (tertiary alicyclic amines) is 1. The smallest absolute Gasteiger partial charge is 0.410 e. The largest absolute Gasteiger partial charge is 0.443 e. The first kappa shape index (κ1) is 20.2. The molecule has 0 aliphatic carbocycles. The minimum atomic E-state index is -0.575. The van der Waals surface area contributed by atoms with Gasteiger partial charge >= 0.3 is 6.09 Å². The second-order valence-electron chi connectivity index (χ2n) is 7.85. The Hall–Kier alpha value is -0.810. The third kappa shape index (κ3) is 6.68. The molecule has 1 aliphatic rings. The summed E-state index contributed by atoms with van der Waals surface area (Å²) in [6, 6.07) is 0.132. The zero-order valence-corrected chi connectivity index (χ0v) is 16.0. The van der Waals surface area contributed by atoms with Crippen LogP contribution in [0.2, 0.25) is 0 Å². The van der Waals surface area contributed by atoms with E-state index in [9.17, 15) is 4.79 Å². The third-order valence-corrected chi connectivity index (χ3v) is 4.28. The molecule has 2 unspecified atom stereocenters. The molecule has 0 bridgehead atoms. The van der Waals surface area contributed by atoms with E-state index >= 15 is 0 Å². The zero-order chi connectivity index (χ0) is 17.7. The van der Waals surface area contributed by atoms with Crippen molar-refractivity contribution in [3.63, 3.8) is 0 Å². The van der Waals surface area contributed by atoms with Crippen LogP contribution in [0.5, 0.6) is 0 Å². The molecule has 2 atom stereocenters. The minimum absolute atomic E-state index is 0.132. The van der Waals surface area contributed by atoms with E-state index in [2.05, 4.69) is 27.7 Å². The molecule has 0 N–H and O–H groups in total. The van der Waals surface area contributed by atoms with Crippen LogP contribution in [0.15, 0.2) is 0 Å². The fourth-order valence-corrected chi connectivity index (χ4v) is 3.47. The van der Waals surface area contributed by atoms with Crippen LogP contribution in [-0.4, -0.2) is 54.6 Å². The summed E-state index contributed by atoms with van der Waals surface area (Å²) in [5.74, 6) is 0. The Labute approximate surface area is 141 Å². The summed E-state index contributed by atoms with van der Waals surface area (Å²) in [4.78, 5) is 14.3. The average Bonchev–Trinajstić information content (AvgIpc) is 2.84. The van der Waals surface area contributed by atoms with Crippen molar-refractivity contribution in [2.75, 3.05) is 20.3 Å². The maximum Gasteiger partial charge on any atom is 0.410 e. The van der Waals surface area contributed by atoms with E-state index in [0.29, 0.717) is 13.0 Å². The Kier molecular flexibility index (Phi) is 7.33. The first-order valence-electron chi connectivity index (χ1n) is 8.76. The van der Waals surface area contributed by atoms with E-state index in [1.807, 2.05) is 13.8 Å². The van der Waals surface area contributed by atoms with Gasteiger partial charge < -0.3 is 19.1 Å². The van der Waals surface area contributed by atoms with Crippen LogP contribution in [0.4, 0.5) is 4.79 Å². The highest BCUT2D eigenvalue weighted by atomic mass is 16.6. The highest BCUT2D eigenvalue weighted by Crippen LogP contribution is 2.29. The van der Waals surface area contributed by atoms with Crippen molar-refractivity contribution in [2.45, 2.75) is 90.6 Å². The molecule has 0 aromatic rings. The summed E-state index contributed by atoms with van der Waals surface area (Å²) in [5.41, 5.74) is -0.912. The van der Waals surface area contributed by atoms with E-state index in [1.54, 1.807) is 12.0 Å². The molecule has 1 fully saturated rings. The summed E-state index contributed by atoms with van der Waals surface area (Å²) in [6.07, 6.45) is 3.56. The quantitative estimate of drug-likeness (QED) is 0.675. The van der Waals surface area contributed by atoms with E-state index in [1.165, 1.54) is 0 Å². The molecule has 5 heteroatoms. The van der Waals surface area contributed by atoms with Crippen molar-refractivity contribution in [1.29, 1.82) is 0 Å². The molecular weight excluding hydrogens is 294 g/mol. The molecule has 1 saturated heterocycles. The van der Waals surface area contributed by atoms with Crippen LogP contribution in [0.1, 0.15) is 67.2 Å². The van der Waals surface area contributed by atoms with Gasteiger partial charge in [0.2, 0.25) is 0 Å². The Morgan fingerprint density at radius 3 is 2.48 bits per heavy atom. The standard InChI is InChI=1S/C18H35NO4/c1-8-14(2)22-17(3,4)13-18(5,6)23-16(20)19-11-9-10-15(19)12-21-7/h14-15H,8-13H2,1-7H3. The second-order valence-corrected chi connectivity index (χ2v) is 7.85. The molecule has 1 heterocycles. The zero-order valence-electron chi connectivity index (χ0n) is 16.0. The van der Waals surface area contributed by atoms with Gasteiger partial charge in [-0.05, 0) is 53.9 Å². The highest BCUT2D eigenvalue weighted by Gasteiger charge is 2.37. The fourth-order valence-electron chi connectivity index (χ4n) is 3.47. The van der Waals surface area contributed by atoms with Crippen molar-refractivity contribution < 1.29 is 19.0 Å². The lowest BCUT2D eigenvalue weighted by Gasteiger charge is -2.37. The van der Waals surface area contributed by atoms with Crippen molar-refractivity contribution in [3.05, 3.63) is 0 Å². The predicted molar refractivity (Wildman–Crippen MR) is 91.7 cm³/mol. The van der Waals surface area contributed by atoms with Crippen molar-refractivity contribution in [2.24, 2.45) is 0 Å². The number of rotatable bonds is 8. The lowest BCUT2D eigenvalue weighted by atomic mass is 9.92. The van der Waals surface area contributed by atoms with Gasteiger partial charge in [-0.25, -0.2) is 4.79 Å². The van der Waals surface area contributed by atoms with E-state index < -0.39 is 5.60 Å². The van der Waals surface area contributed by atoms with Crippen LogP contribution in [-0.2, 0) is 14.2 Å². The molecule has 5 nitrogen and oxygen atoms in total. The molecule has 0 spiro atoms. The van der Waals surface area contributed by atoms with E-state index in [-0.39, 0.29) is 23.8 Å². The van der Waals surface area contributed by atoms with Crippen molar-refractivity contribution in [3.8, 4) is 0 Å². The number of nitrogens with zero attached hydrogens (tertiary/aromatic N) is 1. The summed E-state index contributed by atoms with van der Waals surface area (Å²) >= 11 is 0. The lowest BCUT2D eigenvalue weighted by Crippen LogP contribution is -2.45. The number of methoxy groups -OCH3 is 1. The Balaban J connectivity index is 2.61. The summed E-state index contributed by atoms with van der Waals surface area (Å²) in [6.45, 7) is 13.5. The van der Waals surface area contributed by atoms with E-state index in [0.717, 1.165) is 25.8 Å². The second kappa shape index (κ2) is 8.34. The van der Waals surface area contributed by atoms with Gasteiger partial charge in [0.05, 0.1) is 24.4 Å². The van der Waals surface area contributed by atoms with Gasteiger partial charge in [-0.2, -0.15) is 0 Å². The summed E-state index contributed by atoms with van der Waals surface area (Å²) in [7, 11) is 1.67. The molecule has 1 aliphatic heterocycles. The van der Waals surface area contributed by atoms with Crippen LogP contribution in [0, 0.1) is 0 Å². The molecule has 1 amide bonds. The maximum absolute atomic E-state index is 12.5. The van der Waals surface area contributed by atoms with Crippen molar-refractivity contribution in [1.82, 2.24) is 4.90 Å². The molecule has 0 saturated carbocycles. The Bertz CT molecular complexity index is 381. The SMILES string of the molecule is CCC(C)OC(C)(C)CC(C)(C)OC(=O)N1CCCC1COC. The van der Waals surface area contributed by atoms with Crippen LogP contribution < -0.4 is 0 Å². The molecule has 136 valence electrons. The van der Waals surface area contributed by atoms with Crippen molar-refractivity contribution >= 4 is 6.09 Å². The van der Waals surface area contributed by atoms with Gasteiger partial charge in [-0.15, -0.1) is 0 Å². The normalized spacial score (nSPS) is 20.7. The van der Waals surface area contributed by atoms with Gasteiger partial charge in [0.15, 0.2) is 0 Å². The topological polar surface area (TPSA) is 48.0 Å². The Morgan fingerprint density at radius 2 is 1.91 bits per heavy atom.